The summed E-state index contributed by atoms with van der Waals surface area (Å²) in [6.07, 6.45) is 6.23. The van der Waals surface area contributed by atoms with Crippen molar-refractivity contribution in [1.29, 1.82) is 0 Å². The number of hydrogen-bond acceptors (Lipinski definition) is 2. The van der Waals surface area contributed by atoms with E-state index >= 15 is 0 Å². The van der Waals surface area contributed by atoms with Crippen molar-refractivity contribution in [3.63, 3.8) is 0 Å². The van der Waals surface area contributed by atoms with E-state index in [9.17, 15) is 0 Å². The highest BCUT2D eigenvalue weighted by molar-refractivity contribution is 5.12. The fraction of sp³-hybridized carbons (Fsp3) is 0.417. The van der Waals surface area contributed by atoms with Crippen LogP contribution < -0.4 is 5.32 Å². The minimum Gasteiger partial charge on any atom is -0.348 e. The first kappa shape index (κ1) is 11.0. The molecule has 0 radical (unpaired) electrons. The van der Waals surface area contributed by atoms with Crippen LogP contribution in [0, 0.1) is 0 Å². The summed E-state index contributed by atoms with van der Waals surface area (Å²) in [5, 5.41) is 7.67. The summed E-state index contributed by atoms with van der Waals surface area (Å²) in [7, 11) is 1.94. The van der Waals surface area contributed by atoms with E-state index < -0.39 is 0 Å². The van der Waals surface area contributed by atoms with Gasteiger partial charge in [-0.1, -0.05) is 6.92 Å². The molecule has 0 saturated carbocycles. The molecule has 2 aromatic rings. The number of aromatic nitrogens is 3. The van der Waals surface area contributed by atoms with Crippen LogP contribution in [0.15, 0.2) is 30.7 Å². The Bertz CT molecular complexity index is 441. The van der Waals surface area contributed by atoms with Crippen molar-refractivity contribution >= 4 is 0 Å². The van der Waals surface area contributed by atoms with Crippen LogP contribution in [-0.4, -0.2) is 20.9 Å². The lowest BCUT2D eigenvalue weighted by Crippen LogP contribution is -2.11. The SMILES string of the molecule is CCNCc1ccn(Cc2ccn(C)n2)c1. The number of nitrogens with zero attached hydrogens (tertiary/aromatic N) is 3. The quantitative estimate of drug-likeness (QED) is 0.822. The van der Waals surface area contributed by atoms with Crippen LogP contribution in [-0.2, 0) is 20.1 Å². The molecule has 0 aromatic carbocycles. The monoisotopic (exact) mass is 218 g/mol. The van der Waals surface area contributed by atoms with Gasteiger partial charge in [-0.05, 0) is 24.2 Å². The molecular formula is C12H18N4. The molecule has 0 fully saturated rings. The molecule has 1 N–H and O–H groups in total. The largest absolute Gasteiger partial charge is 0.348 e. The zero-order valence-corrected chi connectivity index (χ0v) is 9.85. The second-order valence-electron chi connectivity index (χ2n) is 3.95. The van der Waals surface area contributed by atoms with E-state index in [1.165, 1.54) is 5.56 Å². The number of nitrogens with one attached hydrogen (secondary N) is 1. The van der Waals surface area contributed by atoms with Gasteiger partial charge < -0.3 is 9.88 Å². The molecule has 2 rings (SSSR count). The normalized spacial score (nSPS) is 10.9. The molecule has 0 aliphatic heterocycles. The molecule has 0 saturated heterocycles. The van der Waals surface area contributed by atoms with Crippen molar-refractivity contribution in [2.75, 3.05) is 6.54 Å². The molecule has 2 aromatic heterocycles. The summed E-state index contributed by atoms with van der Waals surface area (Å²) in [6, 6.07) is 4.19. The van der Waals surface area contributed by atoms with Crippen molar-refractivity contribution in [2.24, 2.45) is 7.05 Å². The van der Waals surface area contributed by atoms with E-state index in [2.05, 4.69) is 40.4 Å². The topological polar surface area (TPSA) is 34.8 Å². The van der Waals surface area contributed by atoms with Gasteiger partial charge in [0, 0.05) is 32.2 Å². The molecule has 0 amide bonds. The second kappa shape index (κ2) is 4.99. The average molecular weight is 218 g/mol. The molecule has 4 heteroatoms. The summed E-state index contributed by atoms with van der Waals surface area (Å²) >= 11 is 0. The van der Waals surface area contributed by atoms with E-state index in [4.69, 9.17) is 0 Å². The van der Waals surface area contributed by atoms with Crippen molar-refractivity contribution in [1.82, 2.24) is 19.7 Å². The molecule has 0 spiro atoms. The summed E-state index contributed by atoms with van der Waals surface area (Å²) in [5.41, 5.74) is 2.41. The van der Waals surface area contributed by atoms with Gasteiger partial charge in [0.15, 0.2) is 0 Å². The summed E-state index contributed by atoms with van der Waals surface area (Å²) in [6.45, 7) is 4.90. The molecular weight excluding hydrogens is 200 g/mol. The third-order valence-electron chi connectivity index (χ3n) is 2.50. The van der Waals surface area contributed by atoms with Gasteiger partial charge in [-0.25, -0.2) is 0 Å². The number of aryl methyl sites for hydroxylation is 1. The Morgan fingerprint density at radius 3 is 2.88 bits per heavy atom. The van der Waals surface area contributed by atoms with Crippen molar-refractivity contribution in [2.45, 2.75) is 20.0 Å². The lowest BCUT2D eigenvalue weighted by atomic mass is 10.3. The van der Waals surface area contributed by atoms with Crippen LogP contribution in [0.3, 0.4) is 0 Å². The van der Waals surface area contributed by atoms with Crippen molar-refractivity contribution in [3.8, 4) is 0 Å². The summed E-state index contributed by atoms with van der Waals surface area (Å²) < 4.78 is 3.99. The molecule has 2 heterocycles. The van der Waals surface area contributed by atoms with Crippen LogP contribution >= 0.6 is 0 Å². The van der Waals surface area contributed by atoms with Crippen molar-refractivity contribution in [3.05, 3.63) is 42.0 Å². The minimum atomic E-state index is 0.840. The number of rotatable bonds is 5. The van der Waals surface area contributed by atoms with E-state index in [0.29, 0.717) is 0 Å². The fourth-order valence-corrected chi connectivity index (χ4v) is 1.70. The first-order chi connectivity index (χ1) is 7.78. The van der Waals surface area contributed by atoms with E-state index in [-0.39, 0.29) is 0 Å². The van der Waals surface area contributed by atoms with Crippen LogP contribution in [0.25, 0.3) is 0 Å². The highest BCUT2D eigenvalue weighted by Gasteiger charge is 2.00. The first-order valence-electron chi connectivity index (χ1n) is 5.62. The minimum absolute atomic E-state index is 0.840. The first-order valence-corrected chi connectivity index (χ1v) is 5.62. The van der Waals surface area contributed by atoms with Gasteiger partial charge in [0.1, 0.15) is 0 Å². The maximum Gasteiger partial charge on any atom is 0.0821 e. The third-order valence-corrected chi connectivity index (χ3v) is 2.50. The average Bonchev–Trinajstić information content (AvgIpc) is 2.86. The summed E-state index contributed by atoms with van der Waals surface area (Å²) in [5.74, 6) is 0. The highest BCUT2D eigenvalue weighted by Crippen LogP contribution is 2.04. The van der Waals surface area contributed by atoms with Gasteiger partial charge >= 0.3 is 0 Å². The van der Waals surface area contributed by atoms with Crippen LogP contribution in [0.4, 0.5) is 0 Å². The fourth-order valence-electron chi connectivity index (χ4n) is 1.70. The molecule has 86 valence electrons. The van der Waals surface area contributed by atoms with Gasteiger partial charge in [0.2, 0.25) is 0 Å². The Balaban J connectivity index is 1.97. The van der Waals surface area contributed by atoms with E-state index in [1.54, 1.807) is 0 Å². The lowest BCUT2D eigenvalue weighted by molar-refractivity contribution is 0.700. The van der Waals surface area contributed by atoms with Crippen molar-refractivity contribution < 1.29 is 0 Å². The lowest BCUT2D eigenvalue weighted by Gasteiger charge is -1.99. The molecule has 0 atom stereocenters. The van der Waals surface area contributed by atoms with E-state index in [1.807, 2.05) is 24.0 Å². The summed E-state index contributed by atoms with van der Waals surface area (Å²) in [4.78, 5) is 0. The van der Waals surface area contributed by atoms with Gasteiger partial charge in [0.05, 0.1) is 12.2 Å². The zero-order valence-electron chi connectivity index (χ0n) is 9.85. The van der Waals surface area contributed by atoms with E-state index in [0.717, 1.165) is 25.3 Å². The van der Waals surface area contributed by atoms with Gasteiger partial charge in [-0.15, -0.1) is 0 Å². The number of hydrogen-bond donors (Lipinski definition) is 1. The highest BCUT2D eigenvalue weighted by atomic mass is 15.3. The van der Waals surface area contributed by atoms with Crippen LogP contribution in [0.5, 0.6) is 0 Å². The second-order valence-corrected chi connectivity index (χ2v) is 3.95. The predicted octanol–water partition coefficient (Wildman–Crippen LogP) is 1.38. The smallest absolute Gasteiger partial charge is 0.0821 e. The van der Waals surface area contributed by atoms with Gasteiger partial charge in [-0.2, -0.15) is 5.10 Å². The van der Waals surface area contributed by atoms with Crippen LogP contribution in [0.1, 0.15) is 18.2 Å². The molecule has 16 heavy (non-hydrogen) atoms. The zero-order chi connectivity index (χ0) is 11.4. The molecule has 4 nitrogen and oxygen atoms in total. The molecule has 0 bridgehead atoms. The Kier molecular flexibility index (Phi) is 3.41. The molecule has 0 unspecified atom stereocenters. The predicted molar refractivity (Wildman–Crippen MR) is 64.1 cm³/mol. The van der Waals surface area contributed by atoms with Crippen LogP contribution in [0.2, 0.25) is 0 Å². The molecule has 0 aliphatic carbocycles. The Morgan fingerprint density at radius 2 is 2.19 bits per heavy atom. The van der Waals surface area contributed by atoms with Gasteiger partial charge in [-0.3, -0.25) is 4.68 Å². The van der Waals surface area contributed by atoms with Gasteiger partial charge in [0.25, 0.3) is 0 Å². The maximum absolute atomic E-state index is 4.36. The Morgan fingerprint density at radius 1 is 1.31 bits per heavy atom. The Hall–Kier alpha value is -1.55. The Labute approximate surface area is 95.9 Å². The standard InChI is InChI=1S/C12H18N4/c1-3-13-8-11-4-7-16(9-11)10-12-5-6-15(2)14-12/h4-7,9,13H,3,8,10H2,1-2H3. The third kappa shape index (κ3) is 2.73. The maximum atomic E-state index is 4.36. The molecule has 0 aliphatic rings.